The van der Waals surface area contributed by atoms with Crippen molar-refractivity contribution < 1.29 is 0 Å². The summed E-state index contributed by atoms with van der Waals surface area (Å²) in [5.41, 5.74) is 0. The molecule has 0 saturated heterocycles. The molecule has 0 nitrogen and oxygen atoms in total. The van der Waals surface area contributed by atoms with Crippen LogP contribution >= 0.6 is 11.6 Å². The SMILES string of the molecule is C=CCC(C)CCl. The second-order valence-corrected chi connectivity index (χ2v) is 2.09. The van der Waals surface area contributed by atoms with Crippen LogP contribution in [0.5, 0.6) is 0 Å². The Hall–Kier alpha value is 0.0300. The number of halogens is 1. The van der Waals surface area contributed by atoms with Gasteiger partial charge in [0.15, 0.2) is 0 Å². The first-order chi connectivity index (χ1) is 3.31. The van der Waals surface area contributed by atoms with Crippen LogP contribution < -0.4 is 0 Å². The summed E-state index contributed by atoms with van der Waals surface area (Å²) >= 11 is 5.48. The van der Waals surface area contributed by atoms with E-state index in [9.17, 15) is 0 Å². The molecule has 0 bridgehead atoms. The molecule has 1 atom stereocenters. The molecule has 42 valence electrons. The zero-order chi connectivity index (χ0) is 5.70. The topological polar surface area (TPSA) is 0 Å². The van der Waals surface area contributed by atoms with Gasteiger partial charge in [-0.1, -0.05) is 13.0 Å². The van der Waals surface area contributed by atoms with Crippen LogP contribution in [0.3, 0.4) is 0 Å². The lowest BCUT2D eigenvalue weighted by atomic mass is 10.1. The molecular weight excluding hydrogens is 108 g/mol. The van der Waals surface area contributed by atoms with Crippen LogP contribution in [0, 0.1) is 5.92 Å². The van der Waals surface area contributed by atoms with Gasteiger partial charge in [0.2, 0.25) is 0 Å². The minimum Gasteiger partial charge on any atom is -0.126 e. The lowest BCUT2D eigenvalue weighted by Crippen LogP contribution is -1.91. The highest BCUT2D eigenvalue weighted by atomic mass is 35.5. The summed E-state index contributed by atoms with van der Waals surface area (Å²) in [6.07, 6.45) is 2.93. The van der Waals surface area contributed by atoms with E-state index in [1.165, 1.54) is 0 Å². The lowest BCUT2D eigenvalue weighted by molar-refractivity contribution is 0.672. The van der Waals surface area contributed by atoms with Gasteiger partial charge in [-0.15, -0.1) is 18.2 Å². The van der Waals surface area contributed by atoms with Crippen molar-refractivity contribution in [2.24, 2.45) is 5.92 Å². The first-order valence-electron chi connectivity index (χ1n) is 2.48. The predicted molar refractivity (Wildman–Crippen MR) is 34.7 cm³/mol. The Balaban J connectivity index is 2.98. The maximum atomic E-state index is 5.48. The van der Waals surface area contributed by atoms with E-state index in [0.717, 1.165) is 12.3 Å². The average Bonchev–Trinajstić information content (AvgIpc) is 1.68. The monoisotopic (exact) mass is 118 g/mol. The molecule has 0 heterocycles. The third-order valence-corrected chi connectivity index (χ3v) is 1.36. The second kappa shape index (κ2) is 4.20. The Morgan fingerprint density at radius 1 is 1.86 bits per heavy atom. The van der Waals surface area contributed by atoms with E-state index in [1.54, 1.807) is 0 Å². The maximum Gasteiger partial charge on any atom is 0.0252 e. The van der Waals surface area contributed by atoms with Gasteiger partial charge >= 0.3 is 0 Å². The van der Waals surface area contributed by atoms with Crippen molar-refractivity contribution in [3.63, 3.8) is 0 Å². The van der Waals surface area contributed by atoms with Gasteiger partial charge in [-0.25, -0.2) is 0 Å². The fraction of sp³-hybridized carbons (Fsp3) is 0.667. The minimum atomic E-state index is 0.596. The number of allylic oxidation sites excluding steroid dienone is 1. The van der Waals surface area contributed by atoms with Crippen LogP contribution in [0.25, 0.3) is 0 Å². The van der Waals surface area contributed by atoms with E-state index >= 15 is 0 Å². The smallest absolute Gasteiger partial charge is 0.0252 e. The van der Waals surface area contributed by atoms with E-state index in [0.29, 0.717) is 5.92 Å². The van der Waals surface area contributed by atoms with Gasteiger partial charge in [-0.2, -0.15) is 0 Å². The van der Waals surface area contributed by atoms with Gasteiger partial charge in [0.05, 0.1) is 0 Å². The lowest BCUT2D eigenvalue weighted by Gasteiger charge is -1.98. The van der Waals surface area contributed by atoms with Crippen molar-refractivity contribution in [1.82, 2.24) is 0 Å². The van der Waals surface area contributed by atoms with Crippen LogP contribution in [0.4, 0.5) is 0 Å². The van der Waals surface area contributed by atoms with Crippen LogP contribution in [-0.4, -0.2) is 5.88 Å². The number of rotatable bonds is 3. The molecule has 0 spiro atoms. The zero-order valence-corrected chi connectivity index (χ0v) is 5.41. The largest absolute Gasteiger partial charge is 0.126 e. The Bertz CT molecular complexity index is 50.1. The minimum absolute atomic E-state index is 0.596. The molecule has 7 heavy (non-hydrogen) atoms. The zero-order valence-electron chi connectivity index (χ0n) is 4.65. The Morgan fingerprint density at radius 2 is 2.43 bits per heavy atom. The summed E-state index contributed by atoms with van der Waals surface area (Å²) in [6, 6.07) is 0. The second-order valence-electron chi connectivity index (χ2n) is 1.78. The fourth-order valence-electron chi connectivity index (χ4n) is 0.348. The molecule has 0 aromatic rings. The third-order valence-electron chi connectivity index (χ3n) is 0.832. The highest BCUT2D eigenvalue weighted by Gasteiger charge is 1.92. The Kier molecular flexibility index (Phi) is 4.21. The molecule has 0 aliphatic carbocycles. The average molecular weight is 119 g/mol. The van der Waals surface area contributed by atoms with E-state index in [-0.39, 0.29) is 0 Å². The Morgan fingerprint density at radius 3 is 2.57 bits per heavy atom. The summed E-state index contributed by atoms with van der Waals surface area (Å²) in [5, 5.41) is 0. The highest BCUT2D eigenvalue weighted by molar-refractivity contribution is 6.18. The van der Waals surface area contributed by atoms with E-state index in [1.807, 2.05) is 6.08 Å². The summed E-state index contributed by atoms with van der Waals surface area (Å²) in [4.78, 5) is 0. The van der Waals surface area contributed by atoms with E-state index < -0.39 is 0 Å². The highest BCUT2D eigenvalue weighted by Crippen LogP contribution is 2.02. The molecule has 0 fully saturated rings. The molecule has 0 N–H and O–H groups in total. The van der Waals surface area contributed by atoms with Crippen LogP contribution in [0.15, 0.2) is 12.7 Å². The van der Waals surface area contributed by atoms with Gasteiger partial charge in [-0.05, 0) is 12.3 Å². The summed E-state index contributed by atoms with van der Waals surface area (Å²) in [7, 11) is 0. The van der Waals surface area contributed by atoms with E-state index in [2.05, 4.69) is 13.5 Å². The summed E-state index contributed by atoms with van der Waals surface area (Å²) < 4.78 is 0. The normalized spacial score (nSPS) is 13.4. The predicted octanol–water partition coefficient (Wildman–Crippen LogP) is 2.44. The number of hydrogen-bond donors (Lipinski definition) is 0. The first kappa shape index (κ1) is 7.03. The molecule has 1 unspecified atom stereocenters. The van der Waals surface area contributed by atoms with Crippen LogP contribution in [0.2, 0.25) is 0 Å². The van der Waals surface area contributed by atoms with Gasteiger partial charge < -0.3 is 0 Å². The Labute approximate surface area is 50.2 Å². The molecule has 0 aromatic heterocycles. The fourth-order valence-corrected chi connectivity index (χ4v) is 0.474. The molecule has 1 heteroatoms. The third kappa shape index (κ3) is 3.87. The summed E-state index contributed by atoms with van der Waals surface area (Å²) in [6.45, 7) is 5.70. The van der Waals surface area contributed by atoms with Gasteiger partial charge in [0, 0.05) is 5.88 Å². The van der Waals surface area contributed by atoms with Crippen molar-refractivity contribution in [3.05, 3.63) is 12.7 Å². The molecule has 0 saturated carbocycles. The van der Waals surface area contributed by atoms with Crippen molar-refractivity contribution in [3.8, 4) is 0 Å². The molecule has 0 aliphatic heterocycles. The van der Waals surface area contributed by atoms with Crippen molar-refractivity contribution in [2.75, 3.05) is 5.88 Å². The summed E-state index contributed by atoms with van der Waals surface area (Å²) in [5.74, 6) is 1.34. The van der Waals surface area contributed by atoms with E-state index in [4.69, 9.17) is 11.6 Å². The standard InChI is InChI=1S/C6H11Cl/c1-3-4-6(2)5-7/h3,6H,1,4-5H2,2H3. The van der Waals surface area contributed by atoms with Gasteiger partial charge in [0.25, 0.3) is 0 Å². The van der Waals surface area contributed by atoms with Gasteiger partial charge in [0.1, 0.15) is 0 Å². The number of hydrogen-bond acceptors (Lipinski definition) is 0. The molecule has 0 radical (unpaired) electrons. The van der Waals surface area contributed by atoms with Crippen molar-refractivity contribution >= 4 is 11.6 Å². The van der Waals surface area contributed by atoms with Crippen molar-refractivity contribution in [1.29, 1.82) is 0 Å². The molecule has 0 aromatic carbocycles. The van der Waals surface area contributed by atoms with Gasteiger partial charge in [-0.3, -0.25) is 0 Å². The quantitative estimate of drug-likeness (QED) is 0.395. The number of alkyl halides is 1. The molecule has 0 rings (SSSR count). The van der Waals surface area contributed by atoms with Crippen LogP contribution in [0.1, 0.15) is 13.3 Å². The molecule has 0 amide bonds. The van der Waals surface area contributed by atoms with Crippen molar-refractivity contribution in [2.45, 2.75) is 13.3 Å². The maximum absolute atomic E-state index is 5.48. The molecule has 0 aliphatic rings. The van der Waals surface area contributed by atoms with Crippen LogP contribution in [-0.2, 0) is 0 Å². The molecular formula is C6H11Cl. The first-order valence-corrected chi connectivity index (χ1v) is 3.01.